The average Bonchev–Trinajstić information content (AvgIpc) is 2.54. The smallest absolute Gasteiger partial charge is 0.297 e. The van der Waals surface area contributed by atoms with Gasteiger partial charge in [0.1, 0.15) is 5.15 Å². The summed E-state index contributed by atoms with van der Waals surface area (Å²) in [5, 5.41) is 0.188. The molecule has 1 heterocycles. The van der Waals surface area contributed by atoms with Crippen molar-refractivity contribution in [2.24, 2.45) is 5.92 Å². The lowest BCUT2D eigenvalue weighted by molar-refractivity contribution is 0.314. The van der Waals surface area contributed by atoms with Gasteiger partial charge in [0, 0.05) is 6.04 Å². The van der Waals surface area contributed by atoms with Gasteiger partial charge in [-0.15, -0.1) is 0 Å². The predicted octanol–water partition coefficient (Wildman–Crippen LogP) is 3.45. The molecule has 0 radical (unpaired) electrons. The van der Waals surface area contributed by atoms with E-state index in [9.17, 15) is 9.59 Å². The van der Waals surface area contributed by atoms with Gasteiger partial charge >= 0.3 is 5.69 Å². The van der Waals surface area contributed by atoms with Gasteiger partial charge in [0.05, 0.1) is 5.56 Å². The van der Waals surface area contributed by atoms with Gasteiger partial charge in [-0.05, 0) is 24.7 Å². The lowest BCUT2D eigenvalue weighted by Gasteiger charge is -2.24. The molecule has 1 aliphatic rings. The number of hydrogen-bond donors (Lipinski definition) is 1. The Morgan fingerprint density at radius 2 is 1.85 bits per heavy atom. The number of hydrogen-bond acceptors (Lipinski definition) is 2. The molecule has 1 N–H and O–H groups in total. The van der Waals surface area contributed by atoms with Gasteiger partial charge in [0.2, 0.25) is 0 Å². The Morgan fingerprint density at radius 3 is 2.50 bits per heavy atom. The number of halogens is 1. The lowest BCUT2D eigenvalue weighted by Crippen LogP contribution is -2.42. The van der Waals surface area contributed by atoms with Crippen LogP contribution in [-0.2, 0) is 0 Å². The van der Waals surface area contributed by atoms with Gasteiger partial charge in [0.25, 0.3) is 5.56 Å². The highest BCUT2D eigenvalue weighted by atomic mass is 35.5. The standard InChI is InChI=1S/C15H23ClN2O2/c1-9(2)12-13(16)17-15(20)18(14(12)19)11-8-6-4-5-7-10(11)3/h9-11H,4-8H2,1-3H3,(H,17,20). The molecule has 2 rings (SSSR count). The number of rotatable bonds is 2. The van der Waals surface area contributed by atoms with E-state index in [1.54, 1.807) is 0 Å². The molecule has 1 aromatic rings. The summed E-state index contributed by atoms with van der Waals surface area (Å²) in [6.07, 6.45) is 5.38. The van der Waals surface area contributed by atoms with Crippen molar-refractivity contribution >= 4 is 11.6 Å². The molecule has 2 unspecified atom stereocenters. The first-order valence-electron chi connectivity index (χ1n) is 7.47. The van der Waals surface area contributed by atoms with Crippen LogP contribution in [0.3, 0.4) is 0 Å². The molecule has 1 aromatic heterocycles. The fourth-order valence-electron chi connectivity index (χ4n) is 3.20. The summed E-state index contributed by atoms with van der Waals surface area (Å²) >= 11 is 6.04. The highest BCUT2D eigenvalue weighted by Crippen LogP contribution is 2.31. The maximum atomic E-state index is 12.7. The van der Waals surface area contributed by atoms with Crippen LogP contribution in [0.15, 0.2) is 9.59 Å². The summed E-state index contributed by atoms with van der Waals surface area (Å²) in [6.45, 7) is 5.97. The second-order valence-electron chi connectivity index (χ2n) is 6.17. The van der Waals surface area contributed by atoms with E-state index in [-0.39, 0.29) is 28.4 Å². The molecule has 5 heteroatoms. The van der Waals surface area contributed by atoms with Crippen molar-refractivity contribution in [3.8, 4) is 0 Å². The van der Waals surface area contributed by atoms with E-state index in [1.165, 1.54) is 17.4 Å². The normalized spacial score (nSPS) is 23.9. The summed E-state index contributed by atoms with van der Waals surface area (Å²) < 4.78 is 1.41. The minimum absolute atomic E-state index is 0.000755. The third-order valence-corrected chi connectivity index (χ3v) is 4.64. The Kier molecular flexibility index (Phi) is 4.74. The fraction of sp³-hybridized carbons (Fsp3) is 0.733. The second kappa shape index (κ2) is 6.17. The zero-order valence-electron chi connectivity index (χ0n) is 12.4. The van der Waals surface area contributed by atoms with Crippen molar-refractivity contribution in [1.82, 2.24) is 9.55 Å². The molecule has 20 heavy (non-hydrogen) atoms. The molecule has 0 saturated heterocycles. The van der Waals surface area contributed by atoms with Crippen LogP contribution in [0.5, 0.6) is 0 Å². The minimum Gasteiger partial charge on any atom is -0.297 e. The van der Waals surface area contributed by atoms with Crippen molar-refractivity contribution in [1.29, 1.82) is 0 Å². The van der Waals surface area contributed by atoms with Gasteiger partial charge in [0.15, 0.2) is 0 Å². The molecular formula is C15H23ClN2O2. The van der Waals surface area contributed by atoms with Gasteiger partial charge in [-0.1, -0.05) is 51.6 Å². The molecule has 0 aliphatic heterocycles. The Morgan fingerprint density at radius 1 is 1.20 bits per heavy atom. The van der Waals surface area contributed by atoms with E-state index in [1.807, 2.05) is 13.8 Å². The van der Waals surface area contributed by atoms with E-state index < -0.39 is 0 Å². The van der Waals surface area contributed by atoms with Crippen LogP contribution in [0.2, 0.25) is 5.15 Å². The summed E-state index contributed by atoms with van der Waals surface area (Å²) in [5.41, 5.74) is -0.0710. The van der Waals surface area contributed by atoms with Gasteiger partial charge in [-0.25, -0.2) is 4.79 Å². The maximum Gasteiger partial charge on any atom is 0.329 e. The van der Waals surface area contributed by atoms with Crippen molar-refractivity contribution < 1.29 is 0 Å². The maximum absolute atomic E-state index is 12.7. The summed E-state index contributed by atoms with van der Waals surface area (Å²) in [4.78, 5) is 27.5. The molecule has 2 atom stereocenters. The third-order valence-electron chi connectivity index (χ3n) is 4.35. The molecule has 1 aliphatic carbocycles. The van der Waals surface area contributed by atoms with Gasteiger partial charge < -0.3 is 0 Å². The molecule has 0 spiro atoms. The summed E-state index contributed by atoms with van der Waals surface area (Å²) in [7, 11) is 0. The number of H-pyrrole nitrogens is 1. The van der Waals surface area contributed by atoms with E-state index in [2.05, 4.69) is 11.9 Å². The monoisotopic (exact) mass is 298 g/mol. The Bertz CT molecular complexity index is 589. The molecule has 0 bridgehead atoms. The minimum atomic E-state index is -0.372. The van der Waals surface area contributed by atoms with Gasteiger partial charge in [-0.2, -0.15) is 0 Å². The topological polar surface area (TPSA) is 54.9 Å². The van der Waals surface area contributed by atoms with Crippen LogP contribution in [-0.4, -0.2) is 9.55 Å². The Balaban J connectivity index is 2.58. The quantitative estimate of drug-likeness (QED) is 0.671. The molecule has 0 aromatic carbocycles. The lowest BCUT2D eigenvalue weighted by atomic mass is 9.96. The Hall–Kier alpha value is -1.03. The van der Waals surface area contributed by atoms with Crippen LogP contribution in [0.1, 0.15) is 70.4 Å². The van der Waals surface area contributed by atoms with Crippen LogP contribution in [0.25, 0.3) is 0 Å². The first kappa shape index (κ1) is 15.4. The molecule has 1 saturated carbocycles. The van der Waals surface area contributed by atoms with Crippen molar-refractivity contribution in [3.05, 3.63) is 31.6 Å². The zero-order valence-corrected chi connectivity index (χ0v) is 13.2. The van der Waals surface area contributed by atoms with E-state index in [0.29, 0.717) is 11.5 Å². The van der Waals surface area contributed by atoms with Crippen molar-refractivity contribution in [2.45, 2.75) is 64.8 Å². The molecular weight excluding hydrogens is 276 g/mol. The van der Waals surface area contributed by atoms with Gasteiger partial charge in [-0.3, -0.25) is 14.3 Å². The SMILES string of the molecule is CC(C)c1c(Cl)[nH]c(=O)n(C2CCCCCC2C)c1=O. The van der Waals surface area contributed by atoms with Crippen LogP contribution in [0, 0.1) is 5.92 Å². The van der Waals surface area contributed by atoms with E-state index in [0.717, 1.165) is 19.3 Å². The van der Waals surface area contributed by atoms with E-state index in [4.69, 9.17) is 11.6 Å². The zero-order chi connectivity index (χ0) is 14.9. The predicted molar refractivity (Wildman–Crippen MR) is 81.7 cm³/mol. The first-order chi connectivity index (χ1) is 9.43. The molecule has 4 nitrogen and oxygen atoms in total. The highest BCUT2D eigenvalue weighted by molar-refractivity contribution is 6.30. The third kappa shape index (κ3) is 2.85. The van der Waals surface area contributed by atoms with Crippen LogP contribution in [0.4, 0.5) is 0 Å². The molecule has 1 fully saturated rings. The summed E-state index contributed by atoms with van der Waals surface area (Å²) in [6, 6.07) is -0.0106. The first-order valence-corrected chi connectivity index (χ1v) is 7.85. The Labute approximate surface area is 124 Å². The van der Waals surface area contributed by atoms with Crippen molar-refractivity contribution in [3.63, 3.8) is 0 Å². The number of nitrogens with zero attached hydrogens (tertiary/aromatic N) is 1. The van der Waals surface area contributed by atoms with E-state index >= 15 is 0 Å². The highest BCUT2D eigenvalue weighted by Gasteiger charge is 2.26. The second-order valence-corrected chi connectivity index (χ2v) is 6.55. The van der Waals surface area contributed by atoms with Crippen molar-refractivity contribution in [2.75, 3.05) is 0 Å². The number of aromatic nitrogens is 2. The summed E-state index contributed by atoms with van der Waals surface area (Å²) in [5.74, 6) is 0.344. The number of aromatic amines is 1. The van der Waals surface area contributed by atoms with Crippen LogP contribution >= 0.6 is 11.6 Å². The largest absolute Gasteiger partial charge is 0.329 e. The molecule has 0 amide bonds. The molecule has 112 valence electrons. The number of nitrogens with one attached hydrogen (secondary N) is 1. The van der Waals surface area contributed by atoms with Crippen LogP contribution < -0.4 is 11.2 Å². The average molecular weight is 299 g/mol. The fourth-order valence-corrected chi connectivity index (χ4v) is 3.58.